The number of hydrogen-bond acceptors (Lipinski definition) is 7. The number of ether oxygens (including phenoxy) is 1. The molecule has 1 amide bonds. The molecule has 10 heteroatoms. The number of halogens is 1. The third kappa shape index (κ3) is 5.88. The number of nitrogens with zero attached hydrogens (tertiary/aromatic N) is 4. The zero-order chi connectivity index (χ0) is 22.4. The molecule has 0 saturated carbocycles. The number of carbonyl (C=O) groups excluding carboxylic acids is 1. The second kappa shape index (κ2) is 10.8. The monoisotopic (exact) mass is 506 g/mol. The Morgan fingerprint density at radius 2 is 2.13 bits per heavy atom. The number of amides is 1. The van der Waals surface area contributed by atoms with Gasteiger partial charge in [0.05, 0.1) is 30.8 Å². The molecule has 0 aliphatic heterocycles. The van der Waals surface area contributed by atoms with Gasteiger partial charge < -0.3 is 15.4 Å². The SMILES string of the molecule is CCSc1nc(NCC(C)C)c2cnn(CCNC(=O)c3cc(OC)ccc3Br)c2n1. The van der Waals surface area contributed by atoms with Gasteiger partial charge in [0, 0.05) is 17.6 Å². The van der Waals surface area contributed by atoms with Gasteiger partial charge >= 0.3 is 0 Å². The molecule has 0 unspecified atom stereocenters. The summed E-state index contributed by atoms with van der Waals surface area (Å²) in [5, 5.41) is 12.4. The van der Waals surface area contributed by atoms with E-state index in [2.05, 4.69) is 62.4 Å². The lowest BCUT2D eigenvalue weighted by atomic mass is 10.2. The molecule has 1 aromatic carbocycles. The minimum Gasteiger partial charge on any atom is -0.497 e. The van der Waals surface area contributed by atoms with Crippen LogP contribution in [0.5, 0.6) is 5.75 Å². The summed E-state index contributed by atoms with van der Waals surface area (Å²) < 4.78 is 7.73. The first kappa shape index (κ1) is 23.3. The summed E-state index contributed by atoms with van der Waals surface area (Å²) in [6, 6.07) is 5.30. The van der Waals surface area contributed by atoms with Crippen molar-refractivity contribution in [3.05, 3.63) is 34.4 Å². The minimum atomic E-state index is -0.182. The zero-order valence-corrected chi connectivity index (χ0v) is 20.5. The van der Waals surface area contributed by atoms with Crippen LogP contribution < -0.4 is 15.4 Å². The largest absolute Gasteiger partial charge is 0.497 e. The number of hydrogen-bond donors (Lipinski definition) is 2. The summed E-state index contributed by atoms with van der Waals surface area (Å²) in [5.41, 5.74) is 1.28. The predicted molar refractivity (Wildman–Crippen MR) is 128 cm³/mol. The molecule has 3 aromatic rings. The molecule has 0 aliphatic rings. The van der Waals surface area contributed by atoms with Crippen LogP contribution in [0.1, 0.15) is 31.1 Å². The number of nitrogens with one attached hydrogen (secondary N) is 2. The Balaban J connectivity index is 1.75. The fraction of sp³-hybridized carbons (Fsp3) is 0.429. The fourth-order valence-corrected chi connectivity index (χ4v) is 3.90. The second-order valence-corrected chi connectivity index (χ2v) is 9.35. The van der Waals surface area contributed by atoms with Crippen molar-refractivity contribution in [1.29, 1.82) is 0 Å². The maximum Gasteiger partial charge on any atom is 0.252 e. The average molecular weight is 507 g/mol. The van der Waals surface area contributed by atoms with Gasteiger partial charge in [0.25, 0.3) is 5.91 Å². The van der Waals surface area contributed by atoms with Crippen LogP contribution in [-0.4, -0.2) is 51.6 Å². The highest BCUT2D eigenvalue weighted by atomic mass is 79.9. The lowest BCUT2D eigenvalue weighted by molar-refractivity contribution is 0.0951. The van der Waals surface area contributed by atoms with Crippen LogP contribution in [0.15, 0.2) is 34.0 Å². The molecule has 0 bridgehead atoms. The first-order valence-electron chi connectivity index (χ1n) is 10.1. The van der Waals surface area contributed by atoms with E-state index in [0.717, 1.165) is 29.1 Å². The summed E-state index contributed by atoms with van der Waals surface area (Å²) in [7, 11) is 1.57. The molecule has 0 spiro atoms. The van der Waals surface area contributed by atoms with Gasteiger partial charge in [0.15, 0.2) is 10.8 Å². The number of methoxy groups -OCH3 is 1. The van der Waals surface area contributed by atoms with E-state index in [9.17, 15) is 4.79 Å². The molecule has 8 nitrogen and oxygen atoms in total. The second-order valence-electron chi connectivity index (χ2n) is 7.27. The van der Waals surface area contributed by atoms with Crippen LogP contribution in [0.3, 0.4) is 0 Å². The maximum absolute atomic E-state index is 12.6. The fourth-order valence-electron chi connectivity index (χ4n) is 2.90. The van der Waals surface area contributed by atoms with E-state index in [4.69, 9.17) is 4.74 Å². The normalized spacial score (nSPS) is 11.2. The number of rotatable bonds is 10. The van der Waals surface area contributed by atoms with E-state index in [1.165, 1.54) is 0 Å². The topological polar surface area (TPSA) is 94.0 Å². The maximum atomic E-state index is 12.6. The first-order valence-corrected chi connectivity index (χ1v) is 11.9. The van der Waals surface area contributed by atoms with Gasteiger partial charge in [-0.25, -0.2) is 14.6 Å². The van der Waals surface area contributed by atoms with E-state index in [1.807, 2.05) is 0 Å². The number of fused-ring (bicyclic) bond motifs is 1. The van der Waals surface area contributed by atoms with Gasteiger partial charge in [-0.1, -0.05) is 32.5 Å². The van der Waals surface area contributed by atoms with E-state index in [1.54, 1.807) is 47.9 Å². The molecule has 3 rings (SSSR count). The Hall–Kier alpha value is -2.33. The van der Waals surface area contributed by atoms with E-state index in [0.29, 0.717) is 39.9 Å². The van der Waals surface area contributed by atoms with E-state index in [-0.39, 0.29) is 5.91 Å². The van der Waals surface area contributed by atoms with Crippen LogP contribution in [0.25, 0.3) is 11.0 Å². The molecule has 2 heterocycles. The highest BCUT2D eigenvalue weighted by molar-refractivity contribution is 9.10. The number of thioether (sulfide) groups is 1. The van der Waals surface area contributed by atoms with Crippen molar-refractivity contribution in [3.63, 3.8) is 0 Å². The lowest BCUT2D eigenvalue weighted by Gasteiger charge is -2.11. The van der Waals surface area contributed by atoms with Gasteiger partial charge in [-0.05, 0) is 45.8 Å². The molecule has 0 saturated heterocycles. The molecule has 31 heavy (non-hydrogen) atoms. The average Bonchev–Trinajstić information content (AvgIpc) is 3.15. The Morgan fingerprint density at radius 1 is 1.32 bits per heavy atom. The Labute approximate surface area is 194 Å². The van der Waals surface area contributed by atoms with Gasteiger partial charge in [-0.15, -0.1) is 0 Å². The summed E-state index contributed by atoms with van der Waals surface area (Å²) >= 11 is 5.01. The molecule has 166 valence electrons. The van der Waals surface area contributed by atoms with Crippen molar-refractivity contribution in [2.75, 3.05) is 31.3 Å². The van der Waals surface area contributed by atoms with Crippen LogP contribution in [0, 0.1) is 5.92 Å². The standard InChI is InChI=1S/C21H27BrN6O2S/c1-5-31-21-26-18(24-11-13(2)3)16-12-25-28(19(16)27-21)9-8-23-20(29)15-10-14(30-4)6-7-17(15)22/h6-7,10,12-13H,5,8-9,11H2,1-4H3,(H,23,29)(H,24,26,27). The van der Waals surface area contributed by atoms with Crippen LogP contribution in [-0.2, 0) is 6.54 Å². The lowest BCUT2D eigenvalue weighted by Crippen LogP contribution is -2.28. The van der Waals surface area contributed by atoms with Crippen LogP contribution in [0.2, 0.25) is 0 Å². The van der Waals surface area contributed by atoms with Crippen LogP contribution in [0.4, 0.5) is 5.82 Å². The van der Waals surface area contributed by atoms with Gasteiger partial charge in [-0.3, -0.25) is 4.79 Å². The van der Waals surface area contributed by atoms with Gasteiger partial charge in [-0.2, -0.15) is 5.10 Å². The molecule has 0 atom stereocenters. The zero-order valence-electron chi connectivity index (χ0n) is 18.1. The van der Waals surface area contributed by atoms with Crippen molar-refractivity contribution in [2.24, 2.45) is 5.92 Å². The Kier molecular flexibility index (Phi) is 8.14. The van der Waals surface area contributed by atoms with Gasteiger partial charge in [0.1, 0.15) is 11.6 Å². The Bertz CT molecular complexity index is 1060. The number of aromatic nitrogens is 4. The van der Waals surface area contributed by atoms with E-state index >= 15 is 0 Å². The minimum absolute atomic E-state index is 0.182. The summed E-state index contributed by atoms with van der Waals surface area (Å²) in [6.45, 7) is 8.10. The first-order chi connectivity index (χ1) is 14.9. The molecule has 2 aromatic heterocycles. The molecular formula is C21H27BrN6O2S. The third-order valence-corrected chi connectivity index (χ3v) is 5.88. The van der Waals surface area contributed by atoms with Crippen LogP contribution >= 0.6 is 27.7 Å². The summed E-state index contributed by atoms with van der Waals surface area (Å²) in [5.74, 6) is 2.62. The van der Waals surface area contributed by atoms with Crippen molar-refractivity contribution >= 4 is 50.5 Å². The summed E-state index contributed by atoms with van der Waals surface area (Å²) in [6.07, 6.45) is 1.78. The molecule has 0 fully saturated rings. The highest BCUT2D eigenvalue weighted by Crippen LogP contribution is 2.25. The van der Waals surface area contributed by atoms with Gasteiger partial charge in [0.2, 0.25) is 0 Å². The van der Waals surface area contributed by atoms with Crippen molar-refractivity contribution in [2.45, 2.75) is 32.5 Å². The van der Waals surface area contributed by atoms with E-state index < -0.39 is 0 Å². The van der Waals surface area contributed by atoms with Crippen molar-refractivity contribution in [1.82, 2.24) is 25.1 Å². The smallest absolute Gasteiger partial charge is 0.252 e. The van der Waals surface area contributed by atoms with Crippen molar-refractivity contribution < 1.29 is 9.53 Å². The summed E-state index contributed by atoms with van der Waals surface area (Å²) in [4.78, 5) is 21.9. The predicted octanol–water partition coefficient (Wildman–Crippen LogP) is 4.21. The molecular weight excluding hydrogens is 480 g/mol. The number of benzene rings is 1. The highest BCUT2D eigenvalue weighted by Gasteiger charge is 2.15. The Morgan fingerprint density at radius 3 is 2.84 bits per heavy atom. The molecule has 2 N–H and O–H groups in total. The number of carbonyl (C=O) groups is 1. The molecule has 0 aliphatic carbocycles. The number of anilines is 1. The quantitative estimate of drug-likeness (QED) is 0.314. The van der Waals surface area contributed by atoms with Crippen molar-refractivity contribution in [3.8, 4) is 5.75 Å². The molecule has 0 radical (unpaired) electrons. The third-order valence-electron chi connectivity index (χ3n) is 4.45.